The zero-order valence-electron chi connectivity index (χ0n) is 18.9. The van der Waals surface area contributed by atoms with Crippen molar-refractivity contribution in [1.29, 1.82) is 0 Å². The van der Waals surface area contributed by atoms with Crippen LogP contribution in [0.2, 0.25) is 0 Å². The highest BCUT2D eigenvalue weighted by atomic mass is 16.5. The second kappa shape index (κ2) is 9.14. The minimum Gasteiger partial charge on any atom is -0.478 e. The average molecular weight is 471 g/mol. The molecular weight excluding hydrogens is 450 g/mol. The van der Waals surface area contributed by atoms with Gasteiger partial charge in [0.25, 0.3) is 5.91 Å². The molecule has 2 heterocycles. The second-order valence-corrected chi connectivity index (χ2v) is 7.82. The molecule has 4 aromatic rings. The van der Waals surface area contributed by atoms with Gasteiger partial charge < -0.3 is 25.3 Å². The number of amides is 1. The Morgan fingerprint density at radius 2 is 1.74 bits per heavy atom. The topological polar surface area (TPSA) is 140 Å². The number of nitrogens with zero attached hydrogens (tertiary/aromatic N) is 1. The number of nitrogens with one attached hydrogen (secondary N) is 1. The van der Waals surface area contributed by atoms with E-state index in [2.05, 4.69) is 5.32 Å². The number of hydrogen-bond donors (Lipinski definition) is 3. The Morgan fingerprint density at radius 3 is 2.46 bits per heavy atom. The van der Waals surface area contributed by atoms with E-state index in [9.17, 15) is 24.3 Å². The molecule has 0 saturated heterocycles. The number of nitrogens with two attached hydrogens (primary N) is 1. The number of carbonyl (C=O) groups excluding carboxylic acids is 3. The molecule has 0 atom stereocenters. The van der Waals surface area contributed by atoms with Crippen molar-refractivity contribution in [2.24, 2.45) is 0 Å². The van der Waals surface area contributed by atoms with Gasteiger partial charge in [0.2, 0.25) is 5.78 Å². The summed E-state index contributed by atoms with van der Waals surface area (Å²) in [5, 5.41) is 12.2. The number of carbonyl (C=O) groups is 4. The van der Waals surface area contributed by atoms with E-state index < -0.39 is 23.6 Å². The van der Waals surface area contributed by atoms with Gasteiger partial charge in [-0.25, -0.2) is 4.79 Å². The lowest BCUT2D eigenvalue weighted by Crippen LogP contribution is -2.13. The van der Waals surface area contributed by atoms with Crippen molar-refractivity contribution in [3.63, 3.8) is 0 Å². The largest absolute Gasteiger partial charge is 0.478 e. The van der Waals surface area contributed by atoms with Crippen LogP contribution in [0.4, 0.5) is 11.4 Å². The molecule has 0 bridgehead atoms. The Bertz CT molecular complexity index is 1520. The fraction of sp³-hybridized carbons (Fsp3) is 0.0769. The summed E-state index contributed by atoms with van der Waals surface area (Å²) in [6, 6.07) is 15.5. The molecule has 0 unspecified atom stereocenters. The second-order valence-electron chi connectivity index (χ2n) is 7.82. The van der Waals surface area contributed by atoms with Crippen molar-refractivity contribution in [3.8, 4) is 5.75 Å². The van der Waals surface area contributed by atoms with Crippen molar-refractivity contribution in [2.45, 2.75) is 13.8 Å². The van der Waals surface area contributed by atoms with Crippen molar-refractivity contribution >= 4 is 40.5 Å². The van der Waals surface area contributed by atoms with Crippen LogP contribution in [0, 0.1) is 6.92 Å². The number of anilines is 2. The maximum Gasteiger partial charge on any atom is 0.337 e. The van der Waals surface area contributed by atoms with E-state index in [0.29, 0.717) is 16.8 Å². The number of carboxylic acid groups (broad SMARTS) is 1. The van der Waals surface area contributed by atoms with Gasteiger partial charge in [0, 0.05) is 35.5 Å². The van der Waals surface area contributed by atoms with Crippen LogP contribution in [0.25, 0.3) is 5.52 Å². The number of fused-ring (bicyclic) bond motifs is 1. The number of hydrogen-bond acceptors (Lipinski definition) is 6. The van der Waals surface area contributed by atoms with Crippen LogP contribution >= 0.6 is 0 Å². The normalized spacial score (nSPS) is 10.7. The van der Waals surface area contributed by atoms with Crippen LogP contribution < -0.4 is 15.8 Å². The third kappa shape index (κ3) is 4.47. The van der Waals surface area contributed by atoms with Crippen molar-refractivity contribution in [3.05, 3.63) is 94.8 Å². The number of aromatic nitrogens is 1. The summed E-state index contributed by atoms with van der Waals surface area (Å²) in [5.41, 5.74) is 7.78. The highest BCUT2D eigenvalue weighted by Crippen LogP contribution is 2.31. The number of ether oxygens (including phenoxy) is 1. The van der Waals surface area contributed by atoms with E-state index >= 15 is 0 Å². The summed E-state index contributed by atoms with van der Waals surface area (Å²) in [4.78, 5) is 49.2. The maximum atomic E-state index is 13.5. The van der Waals surface area contributed by atoms with Gasteiger partial charge in [-0.1, -0.05) is 12.1 Å². The molecule has 176 valence electrons. The number of rotatable bonds is 6. The first-order valence-corrected chi connectivity index (χ1v) is 10.5. The predicted octanol–water partition coefficient (Wildman–Crippen LogP) is 3.94. The van der Waals surface area contributed by atoms with Gasteiger partial charge in [0.1, 0.15) is 5.75 Å². The Hall–Kier alpha value is -4.92. The quantitative estimate of drug-likeness (QED) is 0.167. The number of ketones is 1. The van der Waals surface area contributed by atoms with Crippen LogP contribution in [-0.2, 0) is 4.79 Å². The van der Waals surface area contributed by atoms with Crippen LogP contribution in [0.5, 0.6) is 5.75 Å². The lowest BCUT2D eigenvalue weighted by molar-refractivity contribution is -0.131. The smallest absolute Gasteiger partial charge is 0.337 e. The predicted molar refractivity (Wildman–Crippen MR) is 129 cm³/mol. The summed E-state index contributed by atoms with van der Waals surface area (Å²) in [6.45, 7) is 2.96. The standard InChI is InChI=1S/C26H21N3O6/c1-14-22(28-25(32)17-6-5-7-18(12-17)35-15(2)30)21-8-3-4-11-29(21)23(14)24(31)16-9-10-20(27)19(13-16)26(33)34/h3-13H,27H2,1-2H3,(H,28,32)(H,33,34). The van der Waals surface area contributed by atoms with Gasteiger partial charge in [0.05, 0.1) is 22.5 Å². The molecule has 9 nitrogen and oxygen atoms in total. The first-order chi connectivity index (χ1) is 16.7. The zero-order valence-corrected chi connectivity index (χ0v) is 18.9. The van der Waals surface area contributed by atoms with E-state index in [4.69, 9.17) is 10.5 Å². The molecule has 0 saturated carbocycles. The number of esters is 1. The third-order valence-corrected chi connectivity index (χ3v) is 5.44. The van der Waals surface area contributed by atoms with Crippen LogP contribution in [0.15, 0.2) is 66.9 Å². The number of aromatic carboxylic acids is 1. The molecule has 0 aliphatic carbocycles. The van der Waals surface area contributed by atoms with Gasteiger partial charge in [-0.05, 0) is 55.5 Å². The molecule has 35 heavy (non-hydrogen) atoms. The van der Waals surface area contributed by atoms with E-state index in [0.717, 1.165) is 0 Å². The highest BCUT2D eigenvalue weighted by Gasteiger charge is 2.24. The molecule has 4 rings (SSSR count). The van der Waals surface area contributed by atoms with Crippen molar-refractivity contribution in [1.82, 2.24) is 4.40 Å². The summed E-state index contributed by atoms with van der Waals surface area (Å²) < 4.78 is 6.69. The lowest BCUT2D eigenvalue weighted by Gasteiger charge is -2.08. The van der Waals surface area contributed by atoms with E-state index in [1.807, 2.05) is 0 Å². The van der Waals surface area contributed by atoms with E-state index in [1.54, 1.807) is 53.9 Å². The van der Waals surface area contributed by atoms with Crippen molar-refractivity contribution in [2.75, 3.05) is 11.1 Å². The number of carboxylic acids is 1. The number of nitrogen functional groups attached to an aromatic ring is 1. The molecule has 0 aliphatic rings. The van der Waals surface area contributed by atoms with E-state index in [-0.39, 0.29) is 33.8 Å². The maximum absolute atomic E-state index is 13.5. The molecule has 4 N–H and O–H groups in total. The Kier molecular flexibility index (Phi) is 6.07. The fourth-order valence-corrected chi connectivity index (χ4v) is 3.84. The minimum atomic E-state index is -1.24. The van der Waals surface area contributed by atoms with E-state index in [1.165, 1.54) is 31.2 Å². The molecule has 0 fully saturated rings. The van der Waals surface area contributed by atoms with Crippen molar-refractivity contribution < 1.29 is 29.0 Å². The summed E-state index contributed by atoms with van der Waals surface area (Å²) in [5.74, 6) is -2.40. The Labute approximate surface area is 199 Å². The first kappa shape index (κ1) is 23.2. The number of benzene rings is 2. The molecule has 9 heteroatoms. The molecule has 2 aromatic carbocycles. The Balaban J connectivity index is 1.76. The Morgan fingerprint density at radius 1 is 0.971 bits per heavy atom. The molecule has 2 aromatic heterocycles. The fourth-order valence-electron chi connectivity index (χ4n) is 3.84. The summed E-state index contributed by atoms with van der Waals surface area (Å²) >= 11 is 0. The first-order valence-electron chi connectivity index (χ1n) is 10.5. The molecule has 0 aliphatic heterocycles. The number of pyridine rings is 1. The van der Waals surface area contributed by atoms with Gasteiger partial charge in [-0.15, -0.1) is 0 Å². The van der Waals surface area contributed by atoms with Gasteiger partial charge in [-0.2, -0.15) is 0 Å². The highest BCUT2D eigenvalue weighted by molar-refractivity contribution is 6.14. The van der Waals surface area contributed by atoms with Gasteiger partial charge in [0.15, 0.2) is 0 Å². The lowest BCUT2D eigenvalue weighted by atomic mass is 10.0. The zero-order chi connectivity index (χ0) is 25.3. The molecule has 0 spiro atoms. The summed E-state index contributed by atoms with van der Waals surface area (Å²) in [7, 11) is 0. The molecule has 0 radical (unpaired) electrons. The van der Waals surface area contributed by atoms with Crippen LogP contribution in [0.3, 0.4) is 0 Å². The van der Waals surface area contributed by atoms with Crippen LogP contribution in [0.1, 0.15) is 49.3 Å². The third-order valence-electron chi connectivity index (χ3n) is 5.44. The van der Waals surface area contributed by atoms with Gasteiger partial charge >= 0.3 is 11.9 Å². The SMILES string of the molecule is CC(=O)Oc1cccc(C(=O)Nc2c(C)c(C(=O)c3ccc(N)c(C(=O)O)c3)n3ccccc23)c1. The summed E-state index contributed by atoms with van der Waals surface area (Å²) in [6.07, 6.45) is 1.68. The monoisotopic (exact) mass is 471 g/mol. The van der Waals surface area contributed by atoms with Gasteiger partial charge in [-0.3, -0.25) is 14.4 Å². The molecule has 1 amide bonds. The minimum absolute atomic E-state index is 0.0507. The van der Waals surface area contributed by atoms with Crippen LogP contribution in [-0.4, -0.2) is 33.1 Å². The average Bonchev–Trinajstić information content (AvgIpc) is 3.09. The molecular formula is C26H21N3O6.